The van der Waals surface area contributed by atoms with Gasteiger partial charge in [0.1, 0.15) is 5.75 Å². The van der Waals surface area contributed by atoms with Crippen molar-refractivity contribution in [3.8, 4) is 16.9 Å². The molecule has 0 aliphatic carbocycles. The molecular formula is C21H24N2O2. The second kappa shape index (κ2) is 7.28. The Morgan fingerprint density at radius 3 is 2.72 bits per heavy atom. The van der Waals surface area contributed by atoms with Gasteiger partial charge in [0.15, 0.2) is 0 Å². The lowest BCUT2D eigenvalue weighted by Gasteiger charge is -2.32. The molecule has 4 rings (SSSR count). The molecule has 2 N–H and O–H groups in total. The maximum absolute atomic E-state index is 12.6. The molecule has 0 bridgehead atoms. The maximum atomic E-state index is 12.6. The van der Waals surface area contributed by atoms with E-state index in [1.807, 2.05) is 30.3 Å². The van der Waals surface area contributed by atoms with E-state index in [1.165, 1.54) is 0 Å². The van der Waals surface area contributed by atoms with Crippen LogP contribution < -0.4 is 15.4 Å². The third kappa shape index (κ3) is 3.69. The number of hydrogen-bond donors (Lipinski definition) is 2. The first kappa shape index (κ1) is 16.2. The molecule has 0 unspecified atom stereocenters. The molecule has 2 atom stereocenters. The average molecular weight is 336 g/mol. The predicted molar refractivity (Wildman–Crippen MR) is 99.7 cm³/mol. The average Bonchev–Trinajstić information content (AvgIpc) is 2.65. The first-order valence-corrected chi connectivity index (χ1v) is 9.12. The Kier molecular flexibility index (Phi) is 4.70. The van der Waals surface area contributed by atoms with Crippen LogP contribution in [0.25, 0.3) is 11.1 Å². The molecule has 0 saturated carbocycles. The van der Waals surface area contributed by atoms with Crippen molar-refractivity contribution in [3.05, 3.63) is 48.5 Å². The standard InChI is InChI=1S/C21H24N2O2/c24-21-13-17-8-10-22-14-18(17)9-11-25-20-7-6-16(12-19(20)23-21)15-4-2-1-3-5-15/h1-7,12,17-18,22H,8-11,13-14H2,(H,23,24)/t17-,18-/m0/s1. The smallest absolute Gasteiger partial charge is 0.224 e. The van der Waals surface area contributed by atoms with Crippen molar-refractivity contribution in [2.45, 2.75) is 19.3 Å². The molecule has 0 aromatic heterocycles. The molecule has 4 heteroatoms. The minimum atomic E-state index is 0.0915. The number of amides is 1. The summed E-state index contributed by atoms with van der Waals surface area (Å²) in [6.45, 7) is 2.68. The Balaban J connectivity index is 1.61. The van der Waals surface area contributed by atoms with Crippen LogP contribution in [0.5, 0.6) is 5.75 Å². The molecule has 1 saturated heterocycles. The summed E-state index contributed by atoms with van der Waals surface area (Å²) in [5.74, 6) is 1.82. The number of rotatable bonds is 1. The van der Waals surface area contributed by atoms with E-state index < -0.39 is 0 Å². The lowest BCUT2D eigenvalue weighted by molar-refractivity contribution is -0.117. The largest absolute Gasteiger partial charge is 0.491 e. The van der Waals surface area contributed by atoms with Gasteiger partial charge in [0.05, 0.1) is 12.3 Å². The molecule has 4 nitrogen and oxygen atoms in total. The number of fused-ring (bicyclic) bond motifs is 2. The number of ether oxygens (including phenoxy) is 1. The predicted octanol–water partition coefficient (Wildman–Crippen LogP) is 3.69. The fourth-order valence-electron chi connectivity index (χ4n) is 3.91. The molecule has 2 aliphatic heterocycles. The highest BCUT2D eigenvalue weighted by molar-refractivity contribution is 5.93. The Bertz CT molecular complexity index is 745. The highest BCUT2D eigenvalue weighted by atomic mass is 16.5. The van der Waals surface area contributed by atoms with Gasteiger partial charge in [0.25, 0.3) is 0 Å². The molecular weight excluding hydrogens is 312 g/mol. The summed E-state index contributed by atoms with van der Waals surface area (Å²) in [6.07, 6.45) is 2.65. The fourth-order valence-corrected chi connectivity index (χ4v) is 3.91. The van der Waals surface area contributed by atoms with Gasteiger partial charge in [-0.25, -0.2) is 0 Å². The fraction of sp³-hybridized carbons (Fsp3) is 0.381. The highest BCUT2D eigenvalue weighted by Gasteiger charge is 2.28. The Morgan fingerprint density at radius 2 is 1.84 bits per heavy atom. The van der Waals surface area contributed by atoms with Crippen molar-refractivity contribution in [2.24, 2.45) is 11.8 Å². The number of carbonyl (C=O) groups excluding carboxylic acids is 1. The lowest BCUT2D eigenvalue weighted by atomic mass is 9.82. The molecule has 1 fully saturated rings. The van der Waals surface area contributed by atoms with E-state index in [0.717, 1.165) is 48.5 Å². The highest BCUT2D eigenvalue weighted by Crippen LogP contribution is 2.34. The zero-order valence-corrected chi connectivity index (χ0v) is 14.3. The van der Waals surface area contributed by atoms with Gasteiger partial charge in [-0.15, -0.1) is 0 Å². The molecule has 1 amide bonds. The minimum absolute atomic E-state index is 0.0915. The number of piperidine rings is 1. The number of anilines is 1. The Hall–Kier alpha value is -2.33. The quantitative estimate of drug-likeness (QED) is 0.835. The molecule has 2 aliphatic rings. The lowest BCUT2D eigenvalue weighted by Crippen LogP contribution is -2.39. The molecule has 2 heterocycles. The second-order valence-electron chi connectivity index (χ2n) is 6.98. The van der Waals surface area contributed by atoms with Crippen LogP contribution in [-0.4, -0.2) is 25.6 Å². The van der Waals surface area contributed by atoms with E-state index in [-0.39, 0.29) is 5.91 Å². The third-order valence-corrected chi connectivity index (χ3v) is 5.32. The first-order valence-electron chi connectivity index (χ1n) is 9.12. The monoisotopic (exact) mass is 336 g/mol. The van der Waals surface area contributed by atoms with Crippen molar-refractivity contribution >= 4 is 11.6 Å². The topological polar surface area (TPSA) is 50.4 Å². The molecule has 0 radical (unpaired) electrons. The van der Waals surface area contributed by atoms with Gasteiger partial charge in [-0.2, -0.15) is 0 Å². The normalized spacial score (nSPS) is 23.6. The van der Waals surface area contributed by atoms with Gasteiger partial charge < -0.3 is 15.4 Å². The van der Waals surface area contributed by atoms with Gasteiger partial charge in [-0.05, 0) is 61.0 Å². The number of benzene rings is 2. The van der Waals surface area contributed by atoms with Crippen LogP contribution in [0.3, 0.4) is 0 Å². The van der Waals surface area contributed by atoms with Crippen molar-refractivity contribution in [1.29, 1.82) is 0 Å². The Morgan fingerprint density at radius 1 is 0.960 bits per heavy atom. The van der Waals surface area contributed by atoms with Crippen LogP contribution in [0.2, 0.25) is 0 Å². The number of carbonyl (C=O) groups is 1. The van der Waals surface area contributed by atoms with Crippen LogP contribution in [0, 0.1) is 11.8 Å². The van der Waals surface area contributed by atoms with Gasteiger partial charge >= 0.3 is 0 Å². The van der Waals surface area contributed by atoms with E-state index in [4.69, 9.17) is 4.74 Å². The summed E-state index contributed by atoms with van der Waals surface area (Å²) in [6, 6.07) is 16.2. The van der Waals surface area contributed by atoms with Crippen LogP contribution in [0.15, 0.2) is 48.5 Å². The van der Waals surface area contributed by atoms with E-state index in [1.54, 1.807) is 0 Å². The van der Waals surface area contributed by atoms with E-state index >= 15 is 0 Å². The summed E-state index contributed by atoms with van der Waals surface area (Å²) < 4.78 is 6.01. The minimum Gasteiger partial charge on any atom is -0.491 e. The van der Waals surface area contributed by atoms with E-state index in [0.29, 0.717) is 24.9 Å². The van der Waals surface area contributed by atoms with Crippen molar-refractivity contribution < 1.29 is 9.53 Å². The van der Waals surface area contributed by atoms with Crippen molar-refractivity contribution in [1.82, 2.24) is 5.32 Å². The van der Waals surface area contributed by atoms with Gasteiger partial charge in [-0.1, -0.05) is 36.4 Å². The van der Waals surface area contributed by atoms with E-state index in [9.17, 15) is 4.79 Å². The summed E-state index contributed by atoms with van der Waals surface area (Å²) >= 11 is 0. The second-order valence-corrected chi connectivity index (χ2v) is 6.98. The summed E-state index contributed by atoms with van der Waals surface area (Å²) in [7, 11) is 0. The van der Waals surface area contributed by atoms with Crippen molar-refractivity contribution in [3.63, 3.8) is 0 Å². The third-order valence-electron chi connectivity index (χ3n) is 5.32. The number of hydrogen-bond acceptors (Lipinski definition) is 3. The van der Waals surface area contributed by atoms with Crippen molar-refractivity contribution in [2.75, 3.05) is 25.0 Å². The number of nitrogens with one attached hydrogen (secondary N) is 2. The molecule has 2 aromatic carbocycles. The molecule has 25 heavy (non-hydrogen) atoms. The van der Waals surface area contributed by atoms with Crippen LogP contribution >= 0.6 is 0 Å². The molecule has 130 valence electrons. The Labute approximate surface area is 148 Å². The molecule has 0 spiro atoms. The van der Waals surface area contributed by atoms with Gasteiger partial charge in [0, 0.05) is 6.42 Å². The first-order chi connectivity index (χ1) is 12.3. The van der Waals surface area contributed by atoms with Crippen LogP contribution in [-0.2, 0) is 4.79 Å². The SMILES string of the molecule is O=C1C[C@@H]2CCNC[C@@H]2CCOc2ccc(-c3ccccc3)cc2N1. The van der Waals surface area contributed by atoms with E-state index in [2.05, 4.69) is 28.8 Å². The van der Waals surface area contributed by atoms with Crippen LogP contribution in [0.1, 0.15) is 19.3 Å². The summed E-state index contributed by atoms with van der Waals surface area (Å²) in [5, 5.41) is 6.53. The van der Waals surface area contributed by atoms with Gasteiger partial charge in [0.2, 0.25) is 5.91 Å². The summed E-state index contributed by atoms with van der Waals surface area (Å²) in [4.78, 5) is 12.6. The zero-order valence-electron chi connectivity index (χ0n) is 14.3. The van der Waals surface area contributed by atoms with Gasteiger partial charge in [-0.3, -0.25) is 4.79 Å². The van der Waals surface area contributed by atoms with Crippen LogP contribution in [0.4, 0.5) is 5.69 Å². The zero-order chi connectivity index (χ0) is 17.1. The molecule has 2 aromatic rings. The summed E-state index contributed by atoms with van der Waals surface area (Å²) in [5.41, 5.74) is 2.99. The maximum Gasteiger partial charge on any atom is 0.224 e.